The van der Waals surface area contributed by atoms with E-state index in [1.54, 1.807) is 18.9 Å². The van der Waals surface area contributed by atoms with Crippen LogP contribution >= 0.6 is 11.8 Å². The molecule has 132 valence electrons. The molecule has 3 rings (SSSR count). The van der Waals surface area contributed by atoms with E-state index in [0.29, 0.717) is 11.8 Å². The van der Waals surface area contributed by atoms with Crippen LogP contribution in [0.15, 0.2) is 59.5 Å². The third-order valence-electron chi connectivity index (χ3n) is 4.34. The SMILES string of the molecule is COc1ccc(N[C@@H]2CCCN(C(=O)CSc3ccccc3)C2)cc1. The van der Waals surface area contributed by atoms with Gasteiger partial charge >= 0.3 is 0 Å². The van der Waals surface area contributed by atoms with Gasteiger partial charge in [0.25, 0.3) is 0 Å². The second-order valence-electron chi connectivity index (χ2n) is 6.15. The molecule has 2 aromatic rings. The molecule has 1 heterocycles. The Labute approximate surface area is 153 Å². The normalized spacial score (nSPS) is 17.2. The molecule has 0 aromatic heterocycles. The largest absolute Gasteiger partial charge is 0.497 e. The number of hydrogen-bond acceptors (Lipinski definition) is 4. The molecule has 0 unspecified atom stereocenters. The number of ether oxygens (including phenoxy) is 1. The topological polar surface area (TPSA) is 41.6 Å². The molecule has 1 N–H and O–H groups in total. The first-order chi connectivity index (χ1) is 12.2. The van der Waals surface area contributed by atoms with Crippen LogP contribution in [0.1, 0.15) is 12.8 Å². The van der Waals surface area contributed by atoms with Gasteiger partial charge < -0.3 is 15.0 Å². The molecule has 25 heavy (non-hydrogen) atoms. The standard InChI is InChI=1S/C20H24N2O2S/c1-24-18-11-9-16(10-12-18)21-17-6-5-13-22(14-17)20(23)15-25-19-7-3-2-4-8-19/h2-4,7-12,17,21H,5-6,13-15H2,1H3/t17-/m1/s1. The van der Waals surface area contributed by atoms with E-state index in [9.17, 15) is 4.79 Å². The molecule has 5 heteroatoms. The molecule has 1 aliphatic rings. The summed E-state index contributed by atoms with van der Waals surface area (Å²) in [5.41, 5.74) is 1.07. The van der Waals surface area contributed by atoms with Crippen LogP contribution in [0.4, 0.5) is 5.69 Å². The zero-order chi connectivity index (χ0) is 17.5. The lowest BCUT2D eigenvalue weighted by molar-refractivity contribution is -0.129. The van der Waals surface area contributed by atoms with E-state index in [-0.39, 0.29) is 5.91 Å². The Morgan fingerprint density at radius 2 is 1.96 bits per heavy atom. The summed E-state index contributed by atoms with van der Waals surface area (Å²) in [5, 5.41) is 3.53. The van der Waals surface area contributed by atoms with E-state index in [0.717, 1.165) is 42.3 Å². The monoisotopic (exact) mass is 356 g/mol. The first-order valence-electron chi connectivity index (χ1n) is 8.61. The Kier molecular flexibility index (Phi) is 6.23. The molecule has 1 aliphatic heterocycles. The Morgan fingerprint density at radius 3 is 2.68 bits per heavy atom. The molecule has 0 spiro atoms. The number of thioether (sulfide) groups is 1. The van der Waals surface area contributed by atoms with Gasteiger partial charge in [0.2, 0.25) is 5.91 Å². The second-order valence-corrected chi connectivity index (χ2v) is 7.20. The molecular weight excluding hydrogens is 332 g/mol. The maximum absolute atomic E-state index is 12.5. The van der Waals surface area contributed by atoms with Crippen LogP contribution in [0.5, 0.6) is 5.75 Å². The fraction of sp³-hybridized carbons (Fsp3) is 0.350. The van der Waals surface area contributed by atoms with E-state index >= 15 is 0 Å². The van der Waals surface area contributed by atoms with E-state index in [4.69, 9.17) is 4.74 Å². The minimum Gasteiger partial charge on any atom is -0.497 e. The van der Waals surface area contributed by atoms with Crippen molar-refractivity contribution in [2.45, 2.75) is 23.8 Å². The van der Waals surface area contributed by atoms with E-state index in [1.807, 2.05) is 59.5 Å². The van der Waals surface area contributed by atoms with Crippen molar-refractivity contribution >= 4 is 23.4 Å². The Bertz CT molecular complexity index is 676. The second kappa shape index (κ2) is 8.81. The molecule has 1 amide bonds. The highest BCUT2D eigenvalue weighted by Gasteiger charge is 2.23. The zero-order valence-electron chi connectivity index (χ0n) is 14.5. The van der Waals surface area contributed by atoms with Gasteiger partial charge in [0, 0.05) is 29.7 Å². The summed E-state index contributed by atoms with van der Waals surface area (Å²) in [6.07, 6.45) is 2.12. The molecule has 1 saturated heterocycles. The third kappa shape index (κ3) is 5.16. The van der Waals surface area contributed by atoms with Crippen LogP contribution < -0.4 is 10.1 Å². The van der Waals surface area contributed by atoms with Crippen molar-refractivity contribution in [3.05, 3.63) is 54.6 Å². The molecule has 0 saturated carbocycles. The van der Waals surface area contributed by atoms with Crippen LogP contribution in [0, 0.1) is 0 Å². The van der Waals surface area contributed by atoms with E-state index in [1.165, 1.54) is 0 Å². The predicted octanol–water partition coefficient (Wildman–Crippen LogP) is 3.89. The van der Waals surface area contributed by atoms with Crippen LogP contribution in [0.25, 0.3) is 0 Å². The first kappa shape index (κ1) is 17.7. The van der Waals surface area contributed by atoms with Gasteiger partial charge in [0.1, 0.15) is 5.75 Å². The number of carbonyl (C=O) groups is 1. The van der Waals surface area contributed by atoms with Gasteiger partial charge in [-0.3, -0.25) is 4.79 Å². The minimum absolute atomic E-state index is 0.218. The van der Waals surface area contributed by atoms with Crippen molar-refractivity contribution in [1.82, 2.24) is 4.90 Å². The lowest BCUT2D eigenvalue weighted by Gasteiger charge is -2.33. The molecule has 1 atom stereocenters. The highest BCUT2D eigenvalue weighted by Crippen LogP contribution is 2.21. The van der Waals surface area contributed by atoms with Gasteiger partial charge in [-0.2, -0.15) is 0 Å². The van der Waals surface area contributed by atoms with Gasteiger partial charge in [0.15, 0.2) is 0 Å². The quantitative estimate of drug-likeness (QED) is 0.797. The van der Waals surface area contributed by atoms with E-state index < -0.39 is 0 Å². The molecule has 4 nitrogen and oxygen atoms in total. The number of rotatable bonds is 6. The zero-order valence-corrected chi connectivity index (χ0v) is 15.3. The number of nitrogens with one attached hydrogen (secondary N) is 1. The Morgan fingerprint density at radius 1 is 1.20 bits per heavy atom. The van der Waals surface area contributed by atoms with Crippen molar-refractivity contribution in [2.75, 3.05) is 31.3 Å². The van der Waals surface area contributed by atoms with Gasteiger partial charge in [-0.1, -0.05) is 18.2 Å². The van der Waals surface area contributed by atoms with Gasteiger partial charge in [-0.25, -0.2) is 0 Å². The summed E-state index contributed by atoms with van der Waals surface area (Å²) in [5.74, 6) is 1.57. The maximum Gasteiger partial charge on any atom is 0.233 e. The summed E-state index contributed by atoms with van der Waals surface area (Å²) in [6.45, 7) is 1.62. The molecule has 0 radical (unpaired) electrons. The number of likely N-dealkylation sites (tertiary alicyclic amines) is 1. The number of nitrogens with zero attached hydrogens (tertiary/aromatic N) is 1. The van der Waals surface area contributed by atoms with Crippen molar-refractivity contribution in [2.24, 2.45) is 0 Å². The van der Waals surface area contributed by atoms with Crippen molar-refractivity contribution < 1.29 is 9.53 Å². The minimum atomic E-state index is 0.218. The predicted molar refractivity (Wildman–Crippen MR) is 103 cm³/mol. The Balaban J connectivity index is 1.50. The Hall–Kier alpha value is -2.14. The number of piperidine rings is 1. The molecular formula is C20H24N2O2S. The number of amides is 1. The maximum atomic E-state index is 12.5. The fourth-order valence-electron chi connectivity index (χ4n) is 3.00. The van der Waals surface area contributed by atoms with Crippen LogP contribution in [-0.4, -0.2) is 42.8 Å². The average Bonchev–Trinajstić information content (AvgIpc) is 2.68. The van der Waals surface area contributed by atoms with Gasteiger partial charge in [-0.15, -0.1) is 11.8 Å². The fourth-order valence-corrected chi connectivity index (χ4v) is 3.82. The number of anilines is 1. The number of hydrogen-bond donors (Lipinski definition) is 1. The van der Waals surface area contributed by atoms with Crippen molar-refractivity contribution in [1.29, 1.82) is 0 Å². The summed E-state index contributed by atoms with van der Waals surface area (Å²) < 4.78 is 5.19. The highest BCUT2D eigenvalue weighted by molar-refractivity contribution is 8.00. The van der Waals surface area contributed by atoms with Crippen molar-refractivity contribution in [3.8, 4) is 5.75 Å². The van der Waals surface area contributed by atoms with Crippen LogP contribution in [-0.2, 0) is 4.79 Å². The summed E-state index contributed by atoms with van der Waals surface area (Å²) >= 11 is 1.61. The molecule has 0 aliphatic carbocycles. The summed E-state index contributed by atoms with van der Waals surface area (Å²) in [6, 6.07) is 18.3. The summed E-state index contributed by atoms with van der Waals surface area (Å²) in [4.78, 5) is 15.6. The lowest BCUT2D eigenvalue weighted by atomic mass is 10.1. The molecule has 2 aromatic carbocycles. The lowest BCUT2D eigenvalue weighted by Crippen LogP contribution is -2.45. The van der Waals surface area contributed by atoms with Gasteiger partial charge in [0.05, 0.1) is 12.9 Å². The highest BCUT2D eigenvalue weighted by atomic mass is 32.2. The number of methoxy groups -OCH3 is 1. The number of carbonyl (C=O) groups excluding carboxylic acids is 1. The first-order valence-corrected chi connectivity index (χ1v) is 9.59. The van der Waals surface area contributed by atoms with E-state index in [2.05, 4.69) is 5.32 Å². The van der Waals surface area contributed by atoms with Crippen LogP contribution in [0.2, 0.25) is 0 Å². The molecule has 1 fully saturated rings. The van der Waals surface area contributed by atoms with Crippen LogP contribution in [0.3, 0.4) is 0 Å². The smallest absolute Gasteiger partial charge is 0.233 e. The molecule has 0 bridgehead atoms. The number of benzene rings is 2. The van der Waals surface area contributed by atoms with Crippen molar-refractivity contribution in [3.63, 3.8) is 0 Å². The average molecular weight is 356 g/mol. The third-order valence-corrected chi connectivity index (χ3v) is 5.34. The van der Waals surface area contributed by atoms with Gasteiger partial charge in [-0.05, 0) is 49.2 Å². The summed E-state index contributed by atoms with van der Waals surface area (Å²) in [7, 11) is 1.67.